The summed E-state index contributed by atoms with van der Waals surface area (Å²) in [5, 5.41) is 12.2. The van der Waals surface area contributed by atoms with E-state index in [-0.39, 0.29) is 17.9 Å². The van der Waals surface area contributed by atoms with E-state index in [1.807, 2.05) is 72.8 Å². The molecule has 0 bridgehead atoms. The maximum Gasteiger partial charge on any atom is 0.252 e. The van der Waals surface area contributed by atoms with Gasteiger partial charge < -0.3 is 19.9 Å². The minimum Gasteiger partial charge on any atom is -0.494 e. The van der Waals surface area contributed by atoms with Crippen LogP contribution in [0.3, 0.4) is 0 Å². The fraction of sp³-hybridized carbons (Fsp3) is 0.375. The number of carbonyl (C=O) groups is 1. The molecule has 0 saturated carbocycles. The summed E-state index contributed by atoms with van der Waals surface area (Å²) in [4.78, 5) is 19.3. The summed E-state index contributed by atoms with van der Waals surface area (Å²) < 4.78 is 14.2. The van der Waals surface area contributed by atoms with E-state index >= 15 is 0 Å². The van der Waals surface area contributed by atoms with Gasteiger partial charge in [-0.25, -0.2) is 4.99 Å². The molecule has 2 N–H and O–H groups in total. The number of ether oxygens (including phenoxy) is 2. The van der Waals surface area contributed by atoms with Gasteiger partial charge in [-0.05, 0) is 71.5 Å². The Balaban J connectivity index is 1.75. The van der Waals surface area contributed by atoms with Gasteiger partial charge in [-0.15, -0.1) is 0 Å². The molecule has 1 heterocycles. The number of rotatable bonds is 11. The van der Waals surface area contributed by atoms with E-state index in [2.05, 4.69) is 57.9 Å². The summed E-state index contributed by atoms with van der Waals surface area (Å²) in [6.07, 6.45) is 1.14. The van der Waals surface area contributed by atoms with Crippen LogP contribution in [0.25, 0.3) is 0 Å². The van der Waals surface area contributed by atoms with Crippen LogP contribution in [0.1, 0.15) is 56.4 Å². The van der Waals surface area contributed by atoms with Crippen LogP contribution in [0, 0.1) is 5.41 Å². The van der Waals surface area contributed by atoms with Crippen molar-refractivity contribution in [3.05, 3.63) is 98.4 Å². The van der Waals surface area contributed by atoms with Crippen molar-refractivity contribution in [2.24, 2.45) is 10.4 Å². The van der Waals surface area contributed by atoms with Crippen molar-refractivity contribution >= 4 is 43.7 Å². The first-order chi connectivity index (χ1) is 19.1. The lowest BCUT2D eigenvalue weighted by molar-refractivity contribution is -0.129. The SMILES string of the molecule is CC(C)(C)CCNC(=O)[C@]1(Cc2ccc(Br)cc2)N=C(c2ccc(OCCCO)cc2)O[C@@H]1c1ccc(Br)cc1. The van der Waals surface area contributed by atoms with Crippen molar-refractivity contribution in [1.82, 2.24) is 5.32 Å². The van der Waals surface area contributed by atoms with Gasteiger partial charge in [-0.3, -0.25) is 4.79 Å². The van der Waals surface area contributed by atoms with Gasteiger partial charge in [0.1, 0.15) is 5.75 Å². The van der Waals surface area contributed by atoms with Gasteiger partial charge in [0.15, 0.2) is 11.6 Å². The molecular formula is C32H36Br2N2O4. The van der Waals surface area contributed by atoms with Crippen molar-refractivity contribution in [2.75, 3.05) is 19.8 Å². The van der Waals surface area contributed by atoms with Crippen LogP contribution in [0.2, 0.25) is 0 Å². The predicted octanol–water partition coefficient (Wildman–Crippen LogP) is 7.02. The summed E-state index contributed by atoms with van der Waals surface area (Å²) in [7, 11) is 0. The zero-order chi connectivity index (χ0) is 28.8. The molecule has 40 heavy (non-hydrogen) atoms. The van der Waals surface area contributed by atoms with E-state index in [9.17, 15) is 4.79 Å². The van der Waals surface area contributed by atoms with E-state index < -0.39 is 11.6 Å². The minimum absolute atomic E-state index is 0.0818. The van der Waals surface area contributed by atoms with Gasteiger partial charge >= 0.3 is 0 Å². The lowest BCUT2D eigenvalue weighted by atomic mass is 9.81. The second kappa shape index (κ2) is 13.3. The molecule has 4 rings (SSSR count). The molecule has 0 fully saturated rings. The Morgan fingerprint density at radius 1 is 1.00 bits per heavy atom. The number of amides is 1. The first-order valence-corrected chi connectivity index (χ1v) is 15.1. The quantitative estimate of drug-likeness (QED) is 0.215. The Hall–Kier alpha value is -2.68. The van der Waals surface area contributed by atoms with Crippen LogP contribution >= 0.6 is 31.9 Å². The summed E-state index contributed by atoms with van der Waals surface area (Å²) >= 11 is 7.04. The average Bonchev–Trinajstić information content (AvgIpc) is 3.30. The van der Waals surface area contributed by atoms with Crippen LogP contribution in [0.4, 0.5) is 0 Å². The van der Waals surface area contributed by atoms with Gasteiger partial charge in [0, 0.05) is 40.5 Å². The van der Waals surface area contributed by atoms with Crippen LogP contribution in [0.5, 0.6) is 5.75 Å². The number of halogens is 2. The van der Waals surface area contributed by atoms with Gasteiger partial charge in [0.25, 0.3) is 5.91 Å². The standard InChI is InChI=1S/C32H36Br2N2O4/c1-31(2,3)17-18-35-30(38)32(21-22-5-11-25(33)12-6-22)28(23-7-13-26(34)14-8-23)40-29(36-32)24-9-15-27(16-10-24)39-20-4-19-37/h5-16,28,37H,4,17-21H2,1-3H3,(H,35,38)/t28-,32-/m1/s1. The second-order valence-corrected chi connectivity index (χ2v) is 13.0. The summed E-state index contributed by atoms with van der Waals surface area (Å²) in [6.45, 7) is 7.54. The molecule has 1 amide bonds. The molecule has 8 heteroatoms. The fourth-order valence-corrected chi connectivity index (χ4v) is 5.07. The van der Waals surface area contributed by atoms with E-state index in [0.717, 1.165) is 32.1 Å². The highest BCUT2D eigenvalue weighted by atomic mass is 79.9. The summed E-state index contributed by atoms with van der Waals surface area (Å²) in [5.41, 5.74) is 1.48. The molecular weight excluding hydrogens is 636 g/mol. The van der Waals surface area contributed by atoms with E-state index in [1.54, 1.807) is 0 Å². The first kappa shape index (κ1) is 30.3. The molecule has 0 aromatic heterocycles. The Kier molecular flexibility index (Phi) is 10.1. The third-order valence-electron chi connectivity index (χ3n) is 6.75. The number of nitrogens with one attached hydrogen (secondary N) is 1. The summed E-state index contributed by atoms with van der Waals surface area (Å²) in [6, 6.07) is 23.3. The number of aliphatic imine (C=N–C) groups is 1. The van der Waals surface area contributed by atoms with Gasteiger partial charge in [0.2, 0.25) is 5.90 Å². The van der Waals surface area contributed by atoms with Crippen LogP contribution in [-0.2, 0) is 16.0 Å². The molecule has 212 valence electrons. The molecule has 3 aromatic carbocycles. The van der Waals surface area contributed by atoms with E-state index in [4.69, 9.17) is 19.6 Å². The highest BCUT2D eigenvalue weighted by molar-refractivity contribution is 9.10. The van der Waals surface area contributed by atoms with E-state index in [0.29, 0.717) is 37.6 Å². The normalized spacial score (nSPS) is 18.6. The molecule has 1 aliphatic heterocycles. The highest BCUT2D eigenvalue weighted by Gasteiger charge is 2.53. The van der Waals surface area contributed by atoms with Crippen molar-refractivity contribution in [1.29, 1.82) is 0 Å². The first-order valence-electron chi connectivity index (χ1n) is 13.5. The Morgan fingerprint density at radius 2 is 1.62 bits per heavy atom. The third-order valence-corrected chi connectivity index (χ3v) is 7.81. The number of nitrogens with zero attached hydrogens (tertiary/aromatic N) is 1. The zero-order valence-electron chi connectivity index (χ0n) is 23.1. The largest absolute Gasteiger partial charge is 0.494 e. The maximum atomic E-state index is 14.2. The zero-order valence-corrected chi connectivity index (χ0v) is 26.3. The van der Waals surface area contributed by atoms with Crippen LogP contribution < -0.4 is 10.1 Å². The number of aliphatic hydroxyl groups excluding tert-OH is 1. The van der Waals surface area contributed by atoms with Gasteiger partial charge in [0.05, 0.1) is 6.61 Å². The van der Waals surface area contributed by atoms with Crippen LogP contribution in [0.15, 0.2) is 86.7 Å². The fourth-order valence-electron chi connectivity index (χ4n) is 4.54. The van der Waals surface area contributed by atoms with Crippen molar-refractivity contribution in [3.63, 3.8) is 0 Å². The summed E-state index contributed by atoms with van der Waals surface area (Å²) in [5.74, 6) is 0.950. The lowest BCUT2D eigenvalue weighted by Gasteiger charge is -2.31. The number of aliphatic hydroxyl groups is 1. The molecule has 0 aliphatic carbocycles. The van der Waals surface area contributed by atoms with Gasteiger partial charge in [-0.1, -0.05) is 76.9 Å². The average molecular weight is 672 g/mol. The third kappa shape index (κ3) is 7.74. The second-order valence-electron chi connectivity index (χ2n) is 11.2. The molecule has 0 unspecified atom stereocenters. The highest BCUT2D eigenvalue weighted by Crippen LogP contribution is 2.43. The maximum absolute atomic E-state index is 14.2. The smallest absolute Gasteiger partial charge is 0.252 e. The van der Waals surface area contributed by atoms with Crippen LogP contribution in [-0.4, -0.2) is 42.2 Å². The van der Waals surface area contributed by atoms with Crippen molar-refractivity contribution in [3.8, 4) is 5.75 Å². The molecule has 0 spiro atoms. The topological polar surface area (TPSA) is 80.2 Å². The van der Waals surface area contributed by atoms with Crippen molar-refractivity contribution in [2.45, 2.75) is 51.7 Å². The monoisotopic (exact) mass is 670 g/mol. The molecule has 1 aliphatic rings. The molecule has 3 aromatic rings. The molecule has 2 atom stereocenters. The Labute approximate surface area is 253 Å². The lowest BCUT2D eigenvalue weighted by Crippen LogP contribution is -2.50. The Bertz CT molecular complexity index is 1300. The molecule has 0 radical (unpaired) electrons. The number of benzene rings is 3. The minimum atomic E-state index is -1.22. The number of carbonyl (C=O) groups excluding carboxylic acids is 1. The predicted molar refractivity (Wildman–Crippen MR) is 166 cm³/mol. The van der Waals surface area contributed by atoms with Crippen molar-refractivity contribution < 1.29 is 19.4 Å². The van der Waals surface area contributed by atoms with E-state index in [1.165, 1.54) is 0 Å². The molecule has 6 nitrogen and oxygen atoms in total. The van der Waals surface area contributed by atoms with Gasteiger partial charge in [-0.2, -0.15) is 0 Å². The molecule has 0 saturated heterocycles. The Morgan fingerprint density at radius 3 is 2.23 bits per heavy atom. The number of hydrogen-bond donors (Lipinski definition) is 2. The number of hydrogen-bond acceptors (Lipinski definition) is 5.